The van der Waals surface area contributed by atoms with Crippen molar-refractivity contribution in [2.24, 2.45) is 23.3 Å². The number of aldehydes is 1. The van der Waals surface area contributed by atoms with E-state index in [2.05, 4.69) is 60.5 Å². The summed E-state index contributed by atoms with van der Waals surface area (Å²) in [5.74, 6) is -2.86. The number of nitrogens with zero attached hydrogens (tertiary/aromatic N) is 1. The lowest BCUT2D eigenvalue weighted by molar-refractivity contribution is -0.128. The molecule has 12 nitrogen and oxygen atoms in total. The van der Waals surface area contributed by atoms with Crippen molar-refractivity contribution in [3.05, 3.63) is 95.7 Å². The second kappa shape index (κ2) is 29.3. The van der Waals surface area contributed by atoms with Crippen molar-refractivity contribution < 1.29 is 37.9 Å². The van der Waals surface area contributed by atoms with E-state index in [0.717, 1.165) is 56.5 Å². The lowest BCUT2D eigenvalue weighted by Crippen LogP contribution is -2.46. The molecule has 1 saturated heterocycles. The number of nitrogens with two attached hydrogens (primary N) is 2. The summed E-state index contributed by atoms with van der Waals surface area (Å²) in [5, 5.41) is 17.3. The van der Waals surface area contributed by atoms with E-state index in [-0.39, 0.29) is 43.1 Å². The van der Waals surface area contributed by atoms with E-state index in [1.807, 2.05) is 13.1 Å². The first-order valence-electron chi connectivity index (χ1n) is 20.3. The molecule has 2 aromatic rings. The number of rotatable bonds is 20. The molecule has 1 fully saturated rings. The first kappa shape index (κ1) is 54.0. The van der Waals surface area contributed by atoms with Crippen LogP contribution in [0.4, 0.5) is 8.78 Å². The number of aliphatic hydroxyl groups is 1. The summed E-state index contributed by atoms with van der Waals surface area (Å²) < 4.78 is 24.8. The lowest BCUT2D eigenvalue weighted by atomic mass is 9.83. The zero-order valence-electron chi connectivity index (χ0n) is 36.2. The van der Waals surface area contributed by atoms with Gasteiger partial charge in [0.15, 0.2) is 6.29 Å². The van der Waals surface area contributed by atoms with Gasteiger partial charge in [-0.15, -0.1) is 0 Å². The highest BCUT2D eigenvalue weighted by Crippen LogP contribution is 2.36. The van der Waals surface area contributed by atoms with Crippen molar-refractivity contribution in [2.45, 2.75) is 123 Å². The normalized spacial score (nSPS) is 14.7. The Balaban J connectivity index is 0.00000154. The zero-order chi connectivity index (χ0) is 45.1. The third-order valence-electron chi connectivity index (χ3n) is 9.19. The Hall–Kier alpha value is -4.95. The van der Waals surface area contributed by atoms with Gasteiger partial charge in [0.25, 0.3) is 0 Å². The van der Waals surface area contributed by atoms with Crippen molar-refractivity contribution in [2.75, 3.05) is 20.1 Å². The topological polar surface area (TPSA) is 197 Å². The van der Waals surface area contributed by atoms with Gasteiger partial charge in [0.1, 0.15) is 17.7 Å². The summed E-state index contributed by atoms with van der Waals surface area (Å²) in [6, 6.07) is 11.4. The number of hydrogen-bond donors (Lipinski definition) is 6. The van der Waals surface area contributed by atoms with Gasteiger partial charge in [0.05, 0.1) is 17.7 Å². The van der Waals surface area contributed by atoms with E-state index < -0.39 is 40.7 Å². The van der Waals surface area contributed by atoms with Gasteiger partial charge in [-0.3, -0.25) is 24.0 Å². The molecule has 4 amide bonds. The minimum atomic E-state index is -0.970. The van der Waals surface area contributed by atoms with E-state index >= 15 is 0 Å². The lowest BCUT2D eigenvalue weighted by Gasteiger charge is -2.38. The predicted octanol–water partition coefficient (Wildman–Crippen LogP) is 6.25. The van der Waals surface area contributed by atoms with Gasteiger partial charge in [-0.1, -0.05) is 102 Å². The highest BCUT2D eigenvalue weighted by atomic mass is 19.1. The zero-order valence-corrected chi connectivity index (χ0v) is 36.2. The van der Waals surface area contributed by atoms with Crippen LogP contribution >= 0.6 is 0 Å². The van der Waals surface area contributed by atoms with Crippen LogP contribution in [0.3, 0.4) is 0 Å². The Morgan fingerprint density at radius 1 is 0.983 bits per heavy atom. The quantitative estimate of drug-likeness (QED) is 0.0512. The van der Waals surface area contributed by atoms with Gasteiger partial charge >= 0.3 is 0 Å². The Morgan fingerprint density at radius 2 is 1.54 bits per heavy atom. The van der Waals surface area contributed by atoms with E-state index in [1.165, 1.54) is 31.7 Å². The van der Waals surface area contributed by atoms with Gasteiger partial charge in [-0.05, 0) is 77.1 Å². The molecule has 0 spiro atoms. The fourth-order valence-corrected chi connectivity index (χ4v) is 6.48. The summed E-state index contributed by atoms with van der Waals surface area (Å²) in [6.07, 6.45) is 10.4. The first-order valence-corrected chi connectivity index (χ1v) is 20.3. The highest BCUT2D eigenvalue weighted by Gasteiger charge is 2.37. The van der Waals surface area contributed by atoms with Crippen molar-refractivity contribution >= 4 is 30.4 Å². The number of likely N-dealkylation sites (N-methyl/N-ethyl adjacent to an activating group) is 1. The molecule has 59 heavy (non-hydrogen) atoms. The molecule has 0 bridgehead atoms. The van der Waals surface area contributed by atoms with E-state index in [0.29, 0.717) is 17.1 Å². The molecule has 4 unspecified atom stereocenters. The molecule has 0 aromatic heterocycles. The van der Waals surface area contributed by atoms with Gasteiger partial charge in [-0.25, -0.2) is 8.78 Å². The second-order valence-electron chi connectivity index (χ2n) is 15.8. The third-order valence-corrected chi connectivity index (χ3v) is 9.19. The van der Waals surface area contributed by atoms with Crippen molar-refractivity contribution in [1.82, 2.24) is 20.9 Å². The van der Waals surface area contributed by atoms with Crippen LogP contribution in [0, 0.1) is 23.5 Å². The predicted molar refractivity (Wildman–Crippen MR) is 231 cm³/mol. The second-order valence-corrected chi connectivity index (χ2v) is 15.8. The number of primary amides is 2. The largest absolute Gasteiger partial charge is 0.391 e. The van der Waals surface area contributed by atoms with Crippen molar-refractivity contribution in [1.29, 1.82) is 0 Å². The number of likely N-dealkylation sites (tertiary alicyclic amines) is 1. The van der Waals surface area contributed by atoms with Crippen LogP contribution in [0.2, 0.25) is 0 Å². The van der Waals surface area contributed by atoms with E-state index in [1.54, 1.807) is 45.0 Å². The van der Waals surface area contributed by atoms with Gasteiger partial charge in [0, 0.05) is 35.8 Å². The summed E-state index contributed by atoms with van der Waals surface area (Å²) in [5.41, 5.74) is 10.8. The maximum atomic E-state index is 13.3. The molecule has 8 N–H and O–H groups in total. The molecule has 3 rings (SSSR count). The van der Waals surface area contributed by atoms with Crippen LogP contribution in [-0.4, -0.2) is 78.2 Å². The van der Waals surface area contributed by atoms with E-state index in [4.69, 9.17) is 15.6 Å². The number of carbonyl (C=O) groups excluding carboxylic acids is 5. The van der Waals surface area contributed by atoms with Gasteiger partial charge < -0.3 is 37.4 Å². The molecule has 0 radical (unpaired) electrons. The van der Waals surface area contributed by atoms with Crippen LogP contribution in [0.5, 0.6) is 0 Å². The van der Waals surface area contributed by atoms with E-state index in [9.17, 15) is 28.0 Å². The minimum Gasteiger partial charge on any atom is -0.391 e. The number of benzene rings is 2. The number of hydrogen-bond acceptors (Lipinski definition) is 8. The summed E-state index contributed by atoms with van der Waals surface area (Å²) in [4.78, 5) is 58.9. The number of unbranched alkanes of at least 4 members (excludes halogenated alkanes) is 4. The monoisotopic (exact) mass is 829 g/mol. The number of carbonyl (C=O) groups is 5. The summed E-state index contributed by atoms with van der Waals surface area (Å²) in [6.45, 7) is 21.1. The first-order chi connectivity index (χ1) is 27.8. The summed E-state index contributed by atoms with van der Waals surface area (Å²) in [7, 11) is 2.00. The molecule has 1 heterocycles. The standard InChI is InChI=1S/C33H53N5O3.C7H4F2O.C4H10O.CH3NO/c1-7-8-9-10-14-18-28(35-6)25(5)38-20-15-19-29(38)27(21-23(2)3)24(4)33(41)36-22-30(39)37-31(32(34)40)26-16-12-11-13-17-26;8-6-2-1-3-7(9)5(6)4-10;1-4(2,3)5;2-1-3/h11-13,16-17,23,27-29,31,35H,4-5,7-10,14-15,18-22H2,1-3,6H3,(H2,34,40)(H,36,41)(H,37,39);1-4H;5H,1-3H3;1H,(H2,2,3). The van der Waals surface area contributed by atoms with Crippen LogP contribution < -0.4 is 27.4 Å². The Morgan fingerprint density at radius 3 is 2.02 bits per heavy atom. The Labute approximate surface area is 350 Å². The van der Waals surface area contributed by atoms with Gasteiger partial charge in [-0.2, -0.15) is 0 Å². The molecule has 14 heteroatoms. The number of amides is 4. The molecular formula is C45H70F2N6O6. The molecule has 2 aromatic carbocycles. The smallest absolute Gasteiger partial charge is 0.247 e. The maximum absolute atomic E-state index is 13.3. The number of nitrogens with one attached hydrogen (secondary N) is 3. The molecule has 1 aliphatic rings. The van der Waals surface area contributed by atoms with Crippen molar-refractivity contribution in [3.8, 4) is 0 Å². The third kappa shape index (κ3) is 22.1. The Bertz CT molecular complexity index is 1570. The van der Waals surface area contributed by atoms with Crippen LogP contribution in [0.25, 0.3) is 0 Å². The fraction of sp³-hybridized carbons (Fsp3) is 0.533. The molecule has 0 saturated carbocycles. The molecule has 0 aliphatic carbocycles. The average molecular weight is 829 g/mol. The van der Waals surface area contributed by atoms with Crippen molar-refractivity contribution in [3.63, 3.8) is 0 Å². The minimum absolute atomic E-state index is 0.0675. The summed E-state index contributed by atoms with van der Waals surface area (Å²) >= 11 is 0. The SMILES string of the molecule is C=C(C(=O)NCC(=O)NC(C(N)=O)c1ccccc1)C(CC(C)C)C1CCCN1C(=C)C(CCCCCCC)NC.CC(C)(C)O.NC=O.O=Cc1c(F)cccc1F. The Kier molecular flexibility index (Phi) is 26.8. The fourth-order valence-electron chi connectivity index (χ4n) is 6.48. The average Bonchev–Trinajstić information content (AvgIpc) is 3.66. The highest BCUT2D eigenvalue weighted by molar-refractivity contribution is 5.96. The molecule has 330 valence electrons. The van der Waals surface area contributed by atoms with Gasteiger partial charge in [0.2, 0.25) is 24.1 Å². The van der Waals surface area contributed by atoms with Crippen LogP contribution in [0.1, 0.15) is 121 Å². The molecule has 1 aliphatic heterocycles. The van der Waals surface area contributed by atoms with Crippen LogP contribution in [0.15, 0.2) is 73.0 Å². The molecular weight excluding hydrogens is 759 g/mol. The number of halogens is 2. The maximum Gasteiger partial charge on any atom is 0.247 e. The van der Waals surface area contributed by atoms with Crippen LogP contribution in [-0.2, 0) is 19.2 Å². The molecule has 4 atom stereocenters.